The fourth-order valence-electron chi connectivity index (χ4n) is 0.759. The minimum atomic E-state index is -1.14. The van der Waals surface area contributed by atoms with E-state index in [1.54, 1.807) is 0 Å². The highest BCUT2D eigenvalue weighted by atomic mass is 28.3. The normalized spacial score (nSPS) is 14.2. The Kier molecular flexibility index (Phi) is 4.21. The third-order valence-electron chi connectivity index (χ3n) is 2.93. The molecule has 0 saturated heterocycles. The Morgan fingerprint density at radius 3 is 2.00 bits per heavy atom. The summed E-state index contributed by atoms with van der Waals surface area (Å²) < 4.78 is 0. The third kappa shape index (κ3) is 3.54. The van der Waals surface area contributed by atoms with Crippen LogP contribution in [-0.4, -0.2) is 19.8 Å². The summed E-state index contributed by atoms with van der Waals surface area (Å²) in [4.78, 5) is 0. The summed E-state index contributed by atoms with van der Waals surface area (Å²) in [6.07, 6.45) is 3.97. The molecule has 12 heavy (non-hydrogen) atoms. The molecule has 0 aliphatic rings. The predicted octanol–water partition coefficient (Wildman–Crippen LogP) is 3.04. The summed E-state index contributed by atoms with van der Waals surface area (Å²) in [5.74, 6) is 0. The average molecular weight is 186 g/mol. The molecule has 0 amide bonds. The molecule has 0 unspecified atom stereocenters. The fourth-order valence-corrected chi connectivity index (χ4v) is 2.13. The molecule has 0 aliphatic carbocycles. The summed E-state index contributed by atoms with van der Waals surface area (Å²) in [5.41, 5.74) is 0. The molecule has 2 heteroatoms. The molecule has 0 aromatic heterocycles. The highest BCUT2D eigenvalue weighted by molar-refractivity contribution is 6.80. The van der Waals surface area contributed by atoms with Crippen molar-refractivity contribution in [3.05, 3.63) is 12.2 Å². The van der Waals surface area contributed by atoms with Crippen LogP contribution >= 0.6 is 0 Å². The molecule has 0 spiro atoms. The maximum atomic E-state index is 8.59. The quantitative estimate of drug-likeness (QED) is 0.530. The first-order valence-corrected chi connectivity index (χ1v) is 7.78. The van der Waals surface area contributed by atoms with Crippen LogP contribution in [0.4, 0.5) is 0 Å². The van der Waals surface area contributed by atoms with Crippen molar-refractivity contribution in [2.75, 3.05) is 6.61 Å². The summed E-state index contributed by atoms with van der Waals surface area (Å²) in [7, 11) is -1.14. The van der Waals surface area contributed by atoms with Crippen molar-refractivity contribution in [1.29, 1.82) is 0 Å². The van der Waals surface area contributed by atoms with Crippen LogP contribution in [0.25, 0.3) is 0 Å². The number of allylic oxidation sites excluding steroid dienone is 1. The Balaban J connectivity index is 4.14. The average Bonchev–Trinajstić information content (AvgIpc) is 1.85. The molecule has 0 saturated carbocycles. The van der Waals surface area contributed by atoms with Gasteiger partial charge in [-0.15, -0.1) is 0 Å². The highest BCUT2D eigenvalue weighted by Gasteiger charge is 2.33. The number of rotatable bonds is 3. The standard InChI is InChI=1S/C10H22OSi/c1-10(2,3)12(4,5)9-7-6-8-11/h6-7,11H,8-9H2,1-5H3/b7-6+. The monoisotopic (exact) mass is 186 g/mol. The van der Waals surface area contributed by atoms with E-state index in [9.17, 15) is 0 Å². The van der Waals surface area contributed by atoms with E-state index in [1.807, 2.05) is 6.08 Å². The lowest BCUT2D eigenvalue weighted by Crippen LogP contribution is -2.36. The molecule has 0 bridgehead atoms. The molecule has 1 N–H and O–H groups in total. The van der Waals surface area contributed by atoms with Gasteiger partial charge in [-0.3, -0.25) is 0 Å². The van der Waals surface area contributed by atoms with Gasteiger partial charge >= 0.3 is 0 Å². The second-order valence-electron chi connectivity index (χ2n) is 4.99. The van der Waals surface area contributed by atoms with Gasteiger partial charge in [-0.25, -0.2) is 0 Å². The van der Waals surface area contributed by atoms with Gasteiger partial charge in [0.2, 0.25) is 0 Å². The van der Waals surface area contributed by atoms with E-state index >= 15 is 0 Å². The Morgan fingerprint density at radius 2 is 1.67 bits per heavy atom. The number of hydrogen-bond acceptors (Lipinski definition) is 1. The zero-order chi connectivity index (χ0) is 9.83. The Bertz CT molecular complexity index is 154. The number of aliphatic hydroxyl groups excluding tert-OH is 1. The molecular weight excluding hydrogens is 164 g/mol. The summed E-state index contributed by atoms with van der Waals surface area (Å²) >= 11 is 0. The predicted molar refractivity (Wildman–Crippen MR) is 58.2 cm³/mol. The number of aliphatic hydroxyl groups is 1. The first kappa shape index (κ1) is 11.9. The van der Waals surface area contributed by atoms with Gasteiger partial charge in [0.15, 0.2) is 0 Å². The van der Waals surface area contributed by atoms with Gasteiger partial charge in [-0.1, -0.05) is 46.0 Å². The molecule has 0 heterocycles. The lowest BCUT2D eigenvalue weighted by atomic mass is 10.2. The Labute approximate surface area is 77.5 Å². The van der Waals surface area contributed by atoms with Gasteiger partial charge in [0.1, 0.15) is 0 Å². The summed E-state index contributed by atoms with van der Waals surface area (Å²) in [5, 5.41) is 9.05. The second-order valence-corrected chi connectivity index (χ2v) is 10.7. The van der Waals surface area contributed by atoms with Crippen LogP contribution in [0.5, 0.6) is 0 Å². The first-order chi connectivity index (χ1) is 5.31. The molecule has 0 radical (unpaired) electrons. The molecule has 0 aromatic carbocycles. The lowest BCUT2D eigenvalue weighted by molar-refractivity contribution is 0.342. The zero-order valence-electron chi connectivity index (χ0n) is 9.02. The van der Waals surface area contributed by atoms with Gasteiger partial charge in [0, 0.05) is 0 Å². The van der Waals surface area contributed by atoms with Gasteiger partial charge in [0.25, 0.3) is 0 Å². The van der Waals surface area contributed by atoms with Crippen LogP contribution < -0.4 is 0 Å². The molecule has 0 aliphatic heterocycles. The molecule has 72 valence electrons. The molecular formula is C10H22OSi. The third-order valence-corrected chi connectivity index (χ3v) is 8.25. The van der Waals surface area contributed by atoms with Crippen LogP contribution in [0.1, 0.15) is 20.8 Å². The van der Waals surface area contributed by atoms with Gasteiger partial charge in [0.05, 0.1) is 14.7 Å². The fraction of sp³-hybridized carbons (Fsp3) is 0.800. The second kappa shape index (κ2) is 4.24. The topological polar surface area (TPSA) is 20.2 Å². The zero-order valence-corrected chi connectivity index (χ0v) is 10.0. The van der Waals surface area contributed by atoms with Crippen LogP contribution in [-0.2, 0) is 0 Å². The minimum Gasteiger partial charge on any atom is -0.392 e. The molecule has 0 fully saturated rings. The molecule has 0 atom stereocenters. The van der Waals surface area contributed by atoms with Crippen molar-refractivity contribution in [3.8, 4) is 0 Å². The summed E-state index contributed by atoms with van der Waals surface area (Å²) in [6, 6.07) is 1.16. The van der Waals surface area contributed by atoms with E-state index in [-0.39, 0.29) is 6.61 Å². The van der Waals surface area contributed by atoms with Crippen LogP contribution in [0, 0.1) is 0 Å². The van der Waals surface area contributed by atoms with Crippen molar-refractivity contribution in [1.82, 2.24) is 0 Å². The van der Waals surface area contributed by atoms with Crippen LogP contribution in [0.3, 0.4) is 0 Å². The van der Waals surface area contributed by atoms with Gasteiger partial charge in [-0.05, 0) is 11.1 Å². The van der Waals surface area contributed by atoms with Crippen molar-refractivity contribution in [2.24, 2.45) is 0 Å². The maximum absolute atomic E-state index is 8.59. The molecule has 1 nitrogen and oxygen atoms in total. The van der Waals surface area contributed by atoms with E-state index in [0.29, 0.717) is 5.04 Å². The van der Waals surface area contributed by atoms with Crippen molar-refractivity contribution in [3.63, 3.8) is 0 Å². The minimum absolute atomic E-state index is 0.175. The van der Waals surface area contributed by atoms with Crippen molar-refractivity contribution in [2.45, 2.75) is 44.9 Å². The van der Waals surface area contributed by atoms with E-state index in [2.05, 4.69) is 39.9 Å². The van der Waals surface area contributed by atoms with Gasteiger partial charge in [-0.2, -0.15) is 0 Å². The first-order valence-electron chi connectivity index (χ1n) is 4.57. The van der Waals surface area contributed by atoms with E-state index < -0.39 is 8.07 Å². The van der Waals surface area contributed by atoms with Crippen LogP contribution in [0.15, 0.2) is 12.2 Å². The lowest BCUT2D eigenvalue weighted by Gasteiger charge is -2.36. The smallest absolute Gasteiger partial charge is 0.0612 e. The highest BCUT2D eigenvalue weighted by Crippen LogP contribution is 2.38. The van der Waals surface area contributed by atoms with Crippen molar-refractivity contribution >= 4 is 8.07 Å². The Morgan fingerprint density at radius 1 is 1.17 bits per heavy atom. The van der Waals surface area contributed by atoms with E-state index in [1.165, 1.54) is 0 Å². The largest absolute Gasteiger partial charge is 0.392 e. The molecule has 0 aromatic rings. The van der Waals surface area contributed by atoms with Gasteiger partial charge < -0.3 is 5.11 Å². The molecule has 0 rings (SSSR count). The van der Waals surface area contributed by atoms with Crippen molar-refractivity contribution < 1.29 is 5.11 Å². The van der Waals surface area contributed by atoms with E-state index in [4.69, 9.17) is 5.11 Å². The maximum Gasteiger partial charge on any atom is 0.0612 e. The van der Waals surface area contributed by atoms with E-state index in [0.717, 1.165) is 6.04 Å². The number of hydrogen-bond donors (Lipinski definition) is 1. The van der Waals surface area contributed by atoms with Crippen LogP contribution in [0.2, 0.25) is 24.2 Å². The SMILES string of the molecule is CC(C)(C)[Si](C)(C)C/C=C/CO. The Hall–Kier alpha value is -0.0831. The summed E-state index contributed by atoms with van der Waals surface area (Å²) in [6.45, 7) is 11.9.